The van der Waals surface area contributed by atoms with Gasteiger partial charge in [0, 0.05) is 49.1 Å². The van der Waals surface area contributed by atoms with Crippen molar-refractivity contribution >= 4 is 34.9 Å². The van der Waals surface area contributed by atoms with E-state index in [2.05, 4.69) is 20.6 Å². The minimum Gasteiger partial charge on any atom is -0.366 e. The highest BCUT2D eigenvalue weighted by Gasteiger charge is 2.25. The van der Waals surface area contributed by atoms with Crippen LogP contribution in [0.3, 0.4) is 0 Å². The molecule has 2 N–H and O–H groups in total. The molecule has 0 fully saturated rings. The number of Topliss-reactive ketones (excluding diaryl/α,β-unsaturated/α-hetero) is 1. The largest absolute Gasteiger partial charge is 0.366 e. The fourth-order valence-electron chi connectivity index (χ4n) is 4.84. The number of benzene rings is 2. The van der Waals surface area contributed by atoms with Gasteiger partial charge in [-0.05, 0) is 72.0 Å². The number of fused-ring (bicyclic) bond motifs is 1. The summed E-state index contributed by atoms with van der Waals surface area (Å²) in [6.45, 7) is 4.43. The van der Waals surface area contributed by atoms with E-state index in [1.165, 1.54) is 6.07 Å². The third-order valence-electron chi connectivity index (χ3n) is 6.85. The summed E-state index contributed by atoms with van der Waals surface area (Å²) in [6.07, 6.45) is 8.59. The minimum absolute atomic E-state index is 0.0482. The van der Waals surface area contributed by atoms with Crippen LogP contribution < -0.4 is 10.6 Å². The van der Waals surface area contributed by atoms with Crippen LogP contribution in [-0.2, 0) is 17.8 Å². The third kappa shape index (κ3) is 5.96. The molecular weight excluding hydrogens is 510 g/mol. The van der Waals surface area contributed by atoms with Crippen molar-refractivity contribution in [3.8, 4) is 0 Å². The minimum atomic E-state index is -0.962. The van der Waals surface area contributed by atoms with Crippen LogP contribution in [0.15, 0.2) is 83.1 Å². The number of halogens is 2. The maximum absolute atomic E-state index is 13.4. The molecular formula is C32H28F2N4O2. The van der Waals surface area contributed by atoms with Crippen LogP contribution in [0.1, 0.15) is 52.9 Å². The molecule has 0 spiro atoms. The van der Waals surface area contributed by atoms with Crippen LogP contribution in [0.4, 0.5) is 14.6 Å². The normalized spacial score (nSPS) is 15.7. The number of hydrogen-bond donors (Lipinski definition) is 2. The molecule has 202 valence electrons. The molecule has 0 atom stereocenters. The second-order valence-corrected chi connectivity index (χ2v) is 9.82. The van der Waals surface area contributed by atoms with E-state index in [0.29, 0.717) is 29.9 Å². The van der Waals surface area contributed by atoms with E-state index in [0.717, 1.165) is 57.8 Å². The highest BCUT2D eigenvalue weighted by atomic mass is 19.2. The molecule has 2 heterocycles. The van der Waals surface area contributed by atoms with Crippen LogP contribution in [0.2, 0.25) is 0 Å². The lowest BCUT2D eigenvalue weighted by Crippen LogP contribution is -2.24. The Morgan fingerprint density at radius 3 is 2.67 bits per heavy atom. The van der Waals surface area contributed by atoms with E-state index in [1.54, 1.807) is 18.3 Å². The maximum atomic E-state index is 13.4. The number of aliphatic imine (C=N–C) groups is 1. The van der Waals surface area contributed by atoms with Crippen LogP contribution >= 0.6 is 0 Å². The number of carbonyl (C=O) groups excluding carboxylic acids is 2. The highest BCUT2D eigenvalue weighted by Crippen LogP contribution is 2.33. The number of anilines is 1. The zero-order valence-corrected chi connectivity index (χ0v) is 22.2. The second-order valence-electron chi connectivity index (χ2n) is 9.82. The van der Waals surface area contributed by atoms with Gasteiger partial charge in [-0.3, -0.25) is 14.6 Å². The SMILES string of the molecule is CC1=NC(C)=C(/C=C2\C(=O)Cc3cc(/C=C/CNc4ncccc4C(=O)NCc4ccc(F)c(F)c4)ccc32)C1. The van der Waals surface area contributed by atoms with Gasteiger partial charge in [-0.25, -0.2) is 13.8 Å². The van der Waals surface area contributed by atoms with Crippen molar-refractivity contribution < 1.29 is 18.4 Å². The zero-order chi connectivity index (χ0) is 28.2. The van der Waals surface area contributed by atoms with Crippen molar-refractivity contribution in [2.24, 2.45) is 4.99 Å². The number of amides is 1. The van der Waals surface area contributed by atoms with Gasteiger partial charge in [0.1, 0.15) is 5.82 Å². The Labute approximate surface area is 231 Å². The van der Waals surface area contributed by atoms with Crippen molar-refractivity contribution in [3.05, 3.63) is 118 Å². The van der Waals surface area contributed by atoms with Gasteiger partial charge in [-0.1, -0.05) is 36.4 Å². The molecule has 1 aromatic heterocycles. The van der Waals surface area contributed by atoms with Crippen molar-refractivity contribution in [2.75, 3.05) is 11.9 Å². The Morgan fingerprint density at radius 2 is 1.90 bits per heavy atom. The first-order chi connectivity index (χ1) is 19.3. The molecule has 0 bridgehead atoms. The van der Waals surface area contributed by atoms with Gasteiger partial charge in [0.15, 0.2) is 17.4 Å². The Morgan fingerprint density at radius 1 is 1.05 bits per heavy atom. The average molecular weight is 539 g/mol. The molecule has 40 heavy (non-hydrogen) atoms. The number of carbonyl (C=O) groups is 2. The predicted molar refractivity (Wildman–Crippen MR) is 153 cm³/mol. The molecule has 1 aliphatic heterocycles. The van der Waals surface area contributed by atoms with Crippen LogP contribution in [0, 0.1) is 11.6 Å². The molecule has 0 saturated carbocycles. The van der Waals surface area contributed by atoms with E-state index in [4.69, 9.17) is 0 Å². The summed E-state index contributed by atoms with van der Waals surface area (Å²) in [5.41, 5.74) is 7.59. The first-order valence-corrected chi connectivity index (χ1v) is 13.0. The number of nitrogens with zero attached hydrogens (tertiary/aromatic N) is 2. The quantitative estimate of drug-likeness (QED) is 0.342. The molecule has 1 amide bonds. The summed E-state index contributed by atoms with van der Waals surface area (Å²) in [6, 6.07) is 12.8. The molecule has 3 aromatic rings. The number of aromatic nitrogens is 1. The van der Waals surface area contributed by atoms with Crippen LogP contribution in [0.25, 0.3) is 11.6 Å². The summed E-state index contributed by atoms with van der Waals surface area (Å²) in [5, 5.41) is 5.86. The van der Waals surface area contributed by atoms with Crippen molar-refractivity contribution in [1.82, 2.24) is 10.3 Å². The molecule has 0 saturated heterocycles. The third-order valence-corrected chi connectivity index (χ3v) is 6.85. The van der Waals surface area contributed by atoms with Gasteiger partial charge in [0.2, 0.25) is 0 Å². The zero-order valence-electron chi connectivity index (χ0n) is 22.2. The number of nitrogens with one attached hydrogen (secondary N) is 2. The Bertz CT molecular complexity index is 1640. The Balaban J connectivity index is 1.20. The smallest absolute Gasteiger partial charge is 0.255 e. The molecule has 2 aliphatic rings. The fourth-order valence-corrected chi connectivity index (χ4v) is 4.84. The number of allylic oxidation sites excluding steroid dienone is 4. The second kappa shape index (κ2) is 11.6. The van der Waals surface area contributed by atoms with Gasteiger partial charge < -0.3 is 10.6 Å². The van der Waals surface area contributed by atoms with Crippen molar-refractivity contribution in [1.29, 1.82) is 0 Å². The predicted octanol–water partition coefficient (Wildman–Crippen LogP) is 6.06. The average Bonchev–Trinajstić information content (AvgIpc) is 3.43. The highest BCUT2D eigenvalue weighted by molar-refractivity contribution is 6.26. The number of rotatable bonds is 8. The lowest BCUT2D eigenvalue weighted by Gasteiger charge is -2.10. The number of ketones is 1. The number of hydrogen-bond acceptors (Lipinski definition) is 5. The van der Waals surface area contributed by atoms with Crippen molar-refractivity contribution in [2.45, 2.75) is 33.2 Å². The summed E-state index contributed by atoms with van der Waals surface area (Å²) in [4.78, 5) is 34.2. The van der Waals surface area contributed by atoms with Crippen LogP contribution in [-0.4, -0.2) is 28.9 Å². The van der Waals surface area contributed by atoms with Gasteiger partial charge in [0.05, 0.1) is 5.56 Å². The molecule has 2 aromatic carbocycles. The Hall–Kier alpha value is -4.72. The van der Waals surface area contributed by atoms with Crippen LogP contribution in [0.5, 0.6) is 0 Å². The molecule has 5 rings (SSSR count). The van der Waals surface area contributed by atoms with E-state index >= 15 is 0 Å². The van der Waals surface area contributed by atoms with E-state index in [1.807, 2.05) is 50.3 Å². The Kier molecular flexibility index (Phi) is 7.77. The summed E-state index contributed by atoms with van der Waals surface area (Å²) in [7, 11) is 0. The van der Waals surface area contributed by atoms with E-state index in [9.17, 15) is 18.4 Å². The van der Waals surface area contributed by atoms with Gasteiger partial charge >= 0.3 is 0 Å². The molecule has 8 heteroatoms. The van der Waals surface area contributed by atoms with Crippen molar-refractivity contribution in [3.63, 3.8) is 0 Å². The van der Waals surface area contributed by atoms with E-state index in [-0.39, 0.29) is 18.2 Å². The first-order valence-electron chi connectivity index (χ1n) is 13.0. The standard InChI is InChI=1S/C32H28F2N4O2/c1-19-13-23(20(2)38-19)16-27-25-9-7-21(14-24(25)17-30(27)39)5-3-11-35-31-26(6-4-12-36-31)32(40)37-18-22-8-10-28(33)29(34)15-22/h3-10,12,14-16H,11,13,17-18H2,1-2H3,(H,35,36)(H,37,40)/b5-3+,27-16-. The van der Waals surface area contributed by atoms with E-state index < -0.39 is 11.6 Å². The maximum Gasteiger partial charge on any atom is 0.255 e. The summed E-state index contributed by atoms with van der Waals surface area (Å²) >= 11 is 0. The first kappa shape index (κ1) is 26.9. The summed E-state index contributed by atoms with van der Waals surface area (Å²) in [5.74, 6) is -1.76. The monoisotopic (exact) mass is 538 g/mol. The topological polar surface area (TPSA) is 83.5 Å². The van der Waals surface area contributed by atoms with Gasteiger partial charge in [0.25, 0.3) is 5.91 Å². The van der Waals surface area contributed by atoms with Gasteiger partial charge in [-0.15, -0.1) is 0 Å². The molecule has 1 aliphatic carbocycles. The molecule has 6 nitrogen and oxygen atoms in total. The number of pyridine rings is 1. The molecule has 0 unspecified atom stereocenters. The lowest BCUT2D eigenvalue weighted by molar-refractivity contribution is -0.112. The fraction of sp³-hybridized carbons (Fsp3) is 0.188. The molecule has 0 radical (unpaired) electrons. The lowest BCUT2D eigenvalue weighted by atomic mass is 10.0. The summed E-state index contributed by atoms with van der Waals surface area (Å²) < 4.78 is 26.6. The van der Waals surface area contributed by atoms with Gasteiger partial charge in [-0.2, -0.15) is 0 Å².